The number of rotatable bonds is 5. The molecule has 2 nitrogen and oxygen atoms in total. The minimum atomic E-state index is -0.376. The van der Waals surface area contributed by atoms with Crippen molar-refractivity contribution in [3.63, 3.8) is 0 Å². The molecule has 0 heterocycles. The molecule has 0 spiro atoms. The Morgan fingerprint density at radius 2 is 1.47 bits per heavy atom. The Bertz CT molecular complexity index is 589. The number of hydrogen-bond donors (Lipinski definition) is 0. The van der Waals surface area contributed by atoms with Gasteiger partial charge in [-0.3, -0.25) is 0 Å². The molecule has 0 aliphatic heterocycles. The maximum Gasteiger partial charge on any atom is 0.395 e. The summed E-state index contributed by atoms with van der Waals surface area (Å²) in [6.07, 6.45) is 1.47. The van der Waals surface area contributed by atoms with Crippen LogP contribution in [0.15, 0.2) is 73.5 Å². The van der Waals surface area contributed by atoms with E-state index in [1.165, 1.54) is 6.26 Å². The Hall–Kier alpha value is -2.18. The molecule has 94 valence electrons. The van der Waals surface area contributed by atoms with Crippen LogP contribution in [-0.4, -0.2) is 0 Å². The smallest absolute Gasteiger partial charge is 0.395 e. The molecule has 3 heteroatoms. The van der Waals surface area contributed by atoms with Gasteiger partial charge in [-0.1, -0.05) is 67.2 Å². The van der Waals surface area contributed by atoms with E-state index in [9.17, 15) is 4.57 Å². The van der Waals surface area contributed by atoms with Crippen molar-refractivity contribution in [3.05, 3.63) is 84.6 Å². The molecule has 0 unspecified atom stereocenters. The third kappa shape index (κ3) is 3.40. The zero-order chi connectivity index (χ0) is 13.5. The molecule has 0 amide bonds. The molecule has 0 aliphatic rings. The molecule has 0 fully saturated rings. The van der Waals surface area contributed by atoms with Crippen LogP contribution in [0.2, 0.25) is 0 Å². The highest BCUT2D eigenvalue weighted by Crippen LogP contribution is 2.30. The van der Waals surface area contributed by atoms with E-state index in [0.29, 0.717) is 0 Å². The summed E-state index contributed by atoms with van der Waals surface area (Å²) in [5, 5.41) is 0. The first-order valence-corrected chi connectivity index (χ1v) is 6.54. The highest BCUT2D eigenvalue weighted by molar-refractivity contribution is 7.17. The maximum atomic E-state index is 10.5. The van der Waals surface area contributed by atoms with Crippen LogP contribution in [0.1, 0.15) is 11.1 Å². The van der Waals surface area contributed by atoms with E-state index in [1.807, 2.05) is 60.7 Å². The Morgan fingerprint density at radius 3 is 2.00 bits per heavy atom. The van der Waals surface area contributed by atoms with E-state index < -0.39 is 0 Å². The SMILES string of the molecule is C=C(C(=COP=O)c1ccccc1)c1ccccc1. The Labute approximate surface area is 114 Å². The Morgan fingerprint density at radius 1 is 0.947 bits per heavy atom. The lowest BCUT2D eigenvalue weighted by atomic mass is 9.95. The van der Waals surface area contributed by atoms with Crippen LogP contribution < -0.4 is 0 Å². The molecule has 0 saturated carbocycles. The lowest BCUT2D eigenvalue weighted by molar-refractivity contribution is 0.485. The standard InChI is InChI=1S/C16H13O2P/c1-13(14-8-4-2-5-9-14)16(12-18-19-17)15-10-6-3-7-11-15/h2-12H,1H2. The van der Waals surface area contributed by atoms with Crippen LogP contribution in [-0.2, 0) is 9.09 Å². The molecule has 0 saturated heterocycles. The highest BCUT2D eigenvalue weighted by Gasteiger charge is 2.08. The third-order valence-electron chi connectivity index (χ3n) is 2.75. The van der Waals surface area contributed by atoms with E-state index in [-0.39, 0.29) is 8.69 Å². The quantitative estimate of drug-likeness (QED) is 0.435. The van der Waals surface area contributed by atoms with Gasteiger partial charge >= 0.3 is 8.69 Å². The second-order valence-corrected chi connectivity index (χ2v) is 4.28. The van der Waals surface area contributed by atoms with Gasteiger partial charge in [-0.15, -0.1) is 0 Å². The second-order valence-electron chi connectivity index (χ2n) is 3.92. The zero-order valence-electron chi connectivity index (χ0n) is 10.3. The molecule has 0 aromatic heterocycles. The first kappa shape index (κ1) is 13.3. The van der Waals surface area contributed by atoms with Gasteiger partial charge in [-0.25, -0.2) is 4.57 Å². The first-order chi connectivity index (χ1) is 9.33. The number of hydrogen-bond acceptors (Lipinski definition) is 2. The summed E-state index contributed by atoms with van der Waals surface area (Å²) in [4.78, 5) is 0. The van der Waals surface area contributed by atoms with Crippen molar-refractivity contribution in [1.82, 2.24) is 0 Å². The van der Waals surface area contributed by atoms with Gasteiger partial charge in [0.1, 0.15) is 6.26 Å². The number of allylic oxidation sites excluding steroid dienone is 2. The van der Waals surface area contributed by atoms with Crippen molar-refractivity contribution in [2.75, 3.05) is 0 Å². The van der Waals surface area contributed by atoms with Crippen LogP contribution in [0.4, 0.5) is 0 Å². The molecule has 2 aromatic rings. The molecule has 0 aliphatic carbocycles. The van der Waals surface area contributed by atoms with E-state index >= 15 is 0 Å². The second kappa shape index (κ2) is 6.67. The van der Waals surface area contributed by atoms with E-state index in [4.69, 9.17) is 4.52 Å². The lowest BCUT2D eigenvalue weighted by Crippen LogP contribution is -1.89. The topological polar surface area (TPSA) is 26.3 Å². The molecule has 0 atom stereocenters. The summed E-state index contributed by atoms with van der Waals surface area (Å²) in [5.41, 5.74) is 3.62. The Kier molecular flexibility index (Phi) is 4.66. The van der Waals surface area contributed by atoms with Gasteiger partial charge in [0.15, 0.2) is 0 Å². The summed E-state index contributed by atoms with van der Waals surface area (Å²) >= 11 is 0. The van der Waals surface area contributed by atoms with Gasteiger partial charge in [0.05, 0.1) is 0 Å². The molecule has 2 aromatic carbocycles. The van der Waals surface area contributed by atoms with Crippen molar-refractivity contribution in [2.45, 2.75) is 0 Å². The summed E-state index contributed by atoms with van der Waals surface area (Å²) in [5.74, 6) is 0. The first-order valence-electron chi connectivity index (χ1n) is 5.81. The van der Waals surface area contributed by atoms with E-state index in [2.05, 4.69) is 6.58 Å². The molecule has 0 radical (unpaired) electrons. The fourth-order valence-electron chi connectivity index (χ4n) is 1.80. The van der Waals surface area contributed by atoms with Crippen molar-refractivity contribution in [3.8, 4) is 0 Å². The van der Waals surface area contributed by atoms with Gasteiger partial charge in [0, 0.05) is 5.57 Å². The summed E-state index contributed by atoms with van der Waals surface area (Å²) < 4.78 is 15.4. The van der Waals surface area contributed by atoms with Crippen LogP contribution in [0.25, 0.3) is 11.1 Å². The van der Waals surface area contributed by atoms with Crippen molar-refractivity contribution >= 4 is 19.8 Å². The molecule has 0 N–H and O–H groups in total. The van der Waals surface area contributed by atoms with Crippen LogP contribution in [0, 0.1) is 0 Å². The third-order valence-corrected chi connectivity index (χ3v) is 2.94. The molecular formula is C16H13O2P. The van der Waals surface area contributed by atoms with Gasteiger partial charge in [-0.2, -0.15) is 0 Å². The predicted molar refractivity (Wildman–Crippen MR) is 78.6 cm³/mol. The minimum absolute atomic E-state index is 0.376. The summed E-state index contributed by atoms with van der Waals surface area (Å²) in [6.45, 7) is 4.10. The Balaban J connectivity index is 2.40. The van der Waals surface area contributed by atoms with Crippen LogP contribution >= 0.6 is 8.69 Å². The van der Waals surface area contributed by atoms with Crippen molar-refractivity contribution in [1.29, 1.82) is 0 Å². The fraction of sp³-hybridized carbons (Fsp3) is 0. The van der Waals surface area contributed by atoms with Gasteiger partial charge in [0.2, 0.25) is 0 Å². The van der Waals surface area contributed by atoms with Gasteiger partial charge < -0.3 is 4.52 Å². The predicted octanol–water partition coefficient (Wildman–Crippen LogP) is 4.96. The monoisotopic (exact) mass is 268 g/mol. The highest BCUT2D eigenvalue weighted by atomic mass is 31.1. The lowest BCUT2D eigenvalue weighted by Gasteiger charge is -2.10. The van der Waals surface area contributed by atoms with Crippen molar-refractivity contribution < 1.29 is 9.09 Å². The maximum absolute atomic E-state index is 10.5. The van der Waals surface area contributed by atoms with Crippen LogP contribution in [0.5, 0.6) is 0 Å². The minimum Gasteiger partial charge on any atom is -0.415 e. The molecule has 0 bridgehead atoms. The van der Waals surface area contributed by atoms with Crippen molar-refractivity contribution in [2.24, 2.45) is 0 Å². The summed E-state index contributed by atoms with van der Waals surface area (Å²) in [7, 11) is -0.376. The largest absolute Gasteiger partial charge is 0.415 e. The van der Waals surface area contributed by atoms with Gasteiger partial charge in [-0.05, 0) is 16.7 Å². The number of benzene rings is 2. The average molecular weight is 268 g/mol. The van der Waals surface area contributed by atoms with Gasteiger partial charge in [0.25, 0.3) is 0 Å². The summed E-state index contributed by atoms with van der Waals surface area (Å²) in [6, 6.07) is 19.6. The normalized spacial score (nSPS) is 11.3. The fourth-order valence-corrected chi connectivity index (χ4v) is 1.95. The molecule has 19 heavy (non-hydrogen) atoms. The van der Waals surface area contributed by atoms with E-state index in [0.717, 1.165) is 22.3 Å². The van der Waals surface area contributed by atoms with E-state index in [1.54, 1.807) is 0 Å². The molecule has 2 rings (SSSR count). The average Bonchev–Trinajstić information content (AvgIpc) is 2.49. The zero-order valence-corrected chi connectivity index (χ0v) is 11.2. The molecular weight excluding hydrogens is 255 g/mol. The van der Waals surface area contributed by atoms with Crippen LogP contribution in [0.3, 0.4) is 0 Å².